The Morgan fingerprint density at radius 3 is 2.85 bits per heavy atom. The Balaban J connectivity index is 2.41. The molecule has 0 aliphatic carbocycles. The highest BCUT2D eigenvalue weighted by atomic mass is 16.6. The fourth-order valence-corrected chi connectivity index (χ4v) is 1.74. The Kier molecular flexibility index (Phi) is 3.38. The first kappa shape index (κ1) is 13.5. The number of benzene rings is 1. The normalized spacial score (nSPS) is 13.4. The van der Waals surface area contributed by atoms with Gasteiger partial charge in [0.05, 0.1) is 17.2 Å². The van der Waals surface area contributed by atoms with Gasteiger partial charge < -0.3 is 14.7 Å². The molecule has 0 spiro atoms. The van der Waals surface area contributed by atoms with Gasteiger partial charge in [0.1, 0.15) is 5.75 Å². The summed E-state index contributed by atoms with van der Waals surface area (Å²) in [7, 11) is 0. The number of rotatable bonds is 4. The number of aliphatic carboxylic acids is 1. The second kappa shape index (κ2) is 5.00. The average Bonchev–Trinajstić information content (AvgIpc) is 2.41. The van der Waals surface area contributed by atoms with E-state index in [-0.39, 0.29) is 35.8 Å². The lowest BCUT2D eigenvalue weighted by atomic mass is 10.2. The van der Waals surface area contributed by atoms with E-state index in [1.165, 1.54) is 18.2 Å². The van der Waals surface area contributed by atoms with Crippen LogP contribution in [0.1, 0.15) is 0 Å². The Hall–Kier alpha value is -2.90. The van der Waals surface area contributed by atoms with Crippen LogP contribution in [0.15, 0.2) is 30.4 Å². The van der Waals surface area contributed by atoms with Crippen molar-refractivity contribution in [2.45, 2.75) is 0 Å². The molecule has 0 fully saturated rings. The molecule has 0 atom stereocenters. The first-order valence-corrected chi connectivity index (χ1v) is 5.53. The number of carboxylic acids is 1. The van der Waals surface area contributed by atoms with Crippen molar-refractivity contribution in [3.05, 3.63) is 40.5 Å². The van der Waals surface area contributed by atoms with Crippen LogP contribution in [-0.2, 0) is 9.59 Å². The maximum Gasteiger partial charge on any atom is 0.332 e. The van der Waals surface area contributed by atoms with Gasteiger partial charge in [-0.25, -0.2) is 4.79 Å². The molecule has 20 heavy (non-hydrogen) atoms. The summed E-state index contributed by atoms with van der Waals surface area (Å²) in [5, 5.41) is 19.6. The van der Waals surface area contributed by atoms with E-state index in [4.69, 9.17) is 9.84 Å². The van der Waals surface area contributed by atoms with Crippen LogP contribution in [0.4, 0.5) is 11.4 Å². The Bertz CT molecular complexity index is 624. The molecule has 8 heteroatoms. The van der Waals surface area contributed by atoms with Crippen molar-refractivity contribution in [3.8, 4) is 5.75 Å². The molecule has 2 rings (SSSR count). The minimum atomic E-state index is -1.24. The largest absolute Gasteiger partial charge is 0.482 e. The molecule has 0 bridgehead atoms. The van der Waals surface area contributed by atoms with Crippen molar-refractivity contribution in [3.63, 3.8) is 0 Å². The Morgan fingerprint density at radius 2 is 2.25 bits per heavy atom. The quantitative estimate of drug-likeness (QED) is 0.499. The Labute approximate surface area is 113 Å². The van der Waals surface area contributed by atoms with Crippen LogP contribution in [0.25, 0.3) is 0 Å². The van der Waals surface area contributed by atoms with E-state index in [0.29, 0.717) is 0 Å². The number of hydrogen-bond acceptors (Lipinski definition) is 5. The third-order valence-electron chi connectivity index (χ3n) is 2.75. The van der Waals surface area contributed by atoms with Gasteiger partial charge in [-0.05, 0) is 6.07 Å². The second-order valence-electron chi connectivity index (χ2n) is 4.09. The molecule has 1 heterocycles. The number of ether oxygens (including phenoxy) is 1. The standard InChI is InChI=1S/C12H10N2O6/c1-7(12(16)17)5-13-9-4-8(14(18)19)2-3-10(9)20-6-11(13)15/h2-4H,1,5-6H2,(H,16,17). The predicted octanol–water partition coefficient (Wildman–Crippen LogP) is 0.961. The minimum absolute atomic E-state index is 0.165. The van der Waals surface area contributed by atoms with Gasteiger partial charge in [-0.15, -0.1) is 0 Å². The summed E-state index contributed by atoms with van der Waals surface area (Å²) in [5.41, 5.74) is -0.247. The summed E-state index contributed by atoms with van der Waals surface area (Å²) in [4.78, 5) is 33.8. The lowest BCUT2D eigenvalue weighted by molar-refractivity contribution is -0.384. The highest BCUT2D eigenvalue weighted by Gasteiger charge is 2.28. The molecule has 1 N–H and O–H groups in total. The molecular weight excluding hydrogens is 268 g/mol. The van der Waals surface area contributed by atoms with Crippen LogP contribution in [-0.4, -0.2) is 35.1 Å². The lowest BCUT2D eigenvalue weighted by Gasteiger charge is -2.29. The number of carbonyl (C=O) groups is 2. The van der Waals surface area contributed by atoms with Crippen LogP contribution < -0.4 is 9.64 Å². The van der Waals surface area contributed by atoms with Gasteiger partial charge in [0.15, 0.2) is 6.61 Å². The number of amides is 1. The van der Waals surface area contributed by atoms with Crippen LogP contribution in [0.5, 0.6) is 5.75 Å². The molecule has 0 saturated heterocycles. The van der Waals surface area contributed by atoms with E-state index in [2.05, 4.69) is 6.58 Å². The molecule has 1 aliphatic heterocycles. The van der Waals surface area contributed by atoms with Gasteiger partial charge in [-0.1, -0.05) is 6.58 Å². The lowest BCUT2D eigenvalue weighted by Crippen LogP contribution is -2.40. The SMILES string of the molecule is C=C(CN1C(=O)COc2ccc([N+](=O)[O-])cc21)C(=O)O. The summed E-state index contributed by atoms with van der Waals surface area (Å²) in [6.45, 7) is 2.83. The molecule has 0 aromatic heterocycles. The summed E-state index contributed by atoms with van der Waals surface area (Å²) in [6, 6.07) is 3.79. The van der Waals surface area contributed by atoms with E-state index < -0.39 is 16.8 Å². The average molecular weight is 278 g/mol. The monoisotopic (exact) mass is 278 g/mol. The molecule has 1 aliphatic rings. The van der Waals surface area contributed by atoms with Gasteiger partial charge in [0.2, 0.25) is 0 Å². The highest BCUT2D eigenvalue weighted by Crippen LogP contribution is 2.35. The fourth-order valence-electron chi connectivity index (χ4n) is 1.74. The minimum Gasteiger partial charge on any atom is -0.482 e. The van der Waals surface area contributed by atoms with Gasteiger partial charge in [0.25, 0.3) is 11.6 Å². The number of carbonyl (C=O) groups excluding carboxylic acids is 1. The summed E-state index contributed by atoms with van der Waals surface area (Å²) >= 11 is 0. The van der Waals surface area contributed by atoms with E-state index in [1.54, 1.807) is 0 Å². The number of nitro benzene ring substituents is 1. The molecule has 0 radical (unpaired) electrons. The van der Waals surface area contributed by atoms with Gasteiger partial charge in [0, 0.05) is 17.7 Å². The molecule has 0 unspecified atom stereocenters. The number of fused-ring (bicyclic) bond motifs is 1. The molecule has 1 aromatic rings. The number of non-ortho nitro benzene ring substituents is 1. The third-order valence-corrected chi connectivity index (χ3v) is 2.75. The highest BCUT2D eigenvalue weighted by molar-refractivity contribution is 6.00. The number of carboxylic acid groups (broad SMARTS) is 1. The Morgan fingerprint density at radius 1 is 1.55 bits per heavy atom. The maximum atomic E-state index is 11.8. The van der Waals surface area contributed by atoms with E-state index in [9.17, 15) is 19.7 Å². The van der Waals surface area contributed by atoms with Crippen LogP contribution in [0, 0.1) is 10.1 Å². The summed E-state index contributed by atoms with van der Waals surface area (Å²) in [5.74, 6) is -1.44. The van der Waals surface area contributed by atoms with E-state index in [0.717, 1.165) is 4.90 Å². The molecule has 8 nitrogen and oxygen atoms in total. The first-order valence-electron chi connectivity index (χ1n) is 5.53. The topological polar surface area (TPSA) is 110 Å². The van der Waals surface area contributed by atoms with Crippen molar-refractivity contribution in [2.75, 3.05) is 18.1 Å². The number of nitrogens with zero attached hydrogens (tertiary/aromatic N) is 2. The van der Waals surface area contributed by atoms with E-state index >= 15 is 0 Å². The molecule has 0 saturated carbocycles. The van der Waals surface area contributed by atoms with Gasteiger partial charge in [-0.2, -0.15) is 0 Å². The van der Waals surface area contributed by atoms with Crippen molar-refractivity contribution >= 4 is 23.3 Å². The molecule has 104 valence electrons. The molecule has 1 aromatic carbocycles. The van der Waals surface area contributed by atoms with Crippen molar-refractivity contribution in [1.29, 1.82) is 0 Å². The molecular formula is C12H10N2O6. The smallest absolute Gasteiger partial charge is 0.332 e. The van der Waals surface area contributed by atoms with Crippen LogP contribution >= 0.6 is 0 Å². The predicted molar refractivity (Wildman–Crippen MR) is 67.7 cm³/mol. The molecule has 1 amide bonds. The number of anilines is 1. The van der Waals surface area contributed by atoms with E-state index in [1.807, 2.05) is 0 Å². The first-order chi connectivity index (χ1) is 9.40. The van der Waals surface area contributed by atoms with Crippen molar-refractivity contribution in [1.82, 2.24) is 0 Å². The zero-order valence-corrected chi connectivity index (χ0v) is 10.2. The van der Waals surface area contributed by atoms with Crippen LogP contribution in [0.2, 0.25) is 0 Å². The zero-order valence-electron chi connectivity index (χ0n) is 10.2. The van der Waals surface area contributed by atoms with Gasteiger partial charge >= 0.3 is 5.97 Å². The second-order valence-corrected chi connectivity index (χ2v) is 4.09. The maximum absolute atomic E-state index is 11.8. The van der Waals surface area contributed by atoms with Crippen molar-refractivity contribution < 1.29 is 24.4 Å². The van der Waals surface area contributed by atoms with Crippen LogP contribution in [0.3, 0.4) is 0 Å². The van der Waals surface area contributed by atoms with Crippen molar-refractivity contribution in [2.24, 2.45) is 0 Å². The number of nitro groups is 1. The summed E-state index contributed by atoms with van der Waals surface area (Å²) in [6.07, 6.45) is 0. The fraction of sp³-hybridized carbons (Fsp3) is 0.167. The third kappa shape index (κ3) is 2.44. The summed E-state index contributed by atoms with van der Waals surface area (Å²) < 4.78 is 5.15. The zero-order chi connectivity index (χ0) is 14.9. The van der Waals surface area contributed by atoms with Gasteiger partial charge in [-0.3, -0.25) is 14.9 Å². The number of hydrogen-bond donors (Lipinski definition) is 1.